The first-order valence-corrected chi connectivity index (χ1v) is 9.46. The van der Waals surface area contributed by atoms with E-state index in [0.717, 1.165) is 32.1 Å². The van der Waals surface area contributed by atoms with Gasteiger partial charge in [0.05, 0.1) is 5.75 Å². The zero-order chi connectivity index (χ0) is 15.5. The van der Waals surface area contributed by atoms with Crippen molar-refractivity contribution in [3.05, 3.63) is 12.2 Å². The van der Waals surface area contributed by atoms with Crippen LogP contribution in [0.4, 0.5) is 0 Å². The number of piperidine rings is 1. The lowest BCUT2D eigenvalue weighted by Crippen LogP contribution is -2.48. The predicted molar refractivity (Wildman–Crippen MR) is 83.3 cm³/mol. The van der Waals surface area contributed by atoms with E-state index in [1.165, 1.54) is 4.31 Å². The Morgan fingerprint density at radius 3 is 2.43 bits per heavy atom. The van der Waals surface area contributed by atoms with Crippen molar-refractivity contribution < 1.29 is 13.2 Å². The summed E-state index contributed by atoms with van der Waals surface area (Å²) >= 11 is 0. The van der Waals surface area contributed by atoms with Crippen LogP contribution in [0.15, 0.2) is 12.2 Å². The molecule has 0 spiro atoms. The van der Waals surface area contributed by atoms with E-state index in [-0.39, 0.29) is 23.6 Å². The van der Waals surface area contributed by atoms with Crippen LogP contribution in [-0.2, 0) is 14.8 Å². The zero-order valence-electron chi connectivity index (χ0n) is 13.0. The smallest absolute Gasteiger partial charge is 0.226 e. The molecule has 0 radical (unpaired) electrons. The molecule has 0 aromatic carbocycles. The molecule has 21 heavy (non-hydrogen) atoms. The summed E-state index contributed by atoms with van der Waals surface area (Å²) in [5.74, 6) is 0.513. The standard InChI is InChI=1S/C15H26N2O3S/c1-3-21(19,20)16(2)14-9-11-17(12-10-14)15(18)13-7-5-4-6-8-13/h4-5,13-14H,3,6-12H2,1-2H3. The Morgan fingerprint density at radius 1 is 1.24 bits per heavy atom. The number of hydrogen-bond acceptors (Lipinski definition) is 3. The molecule has 1 saturated heterocycles. The lowest BCUT2D eigenvalue weighted by Gasteiger charge is -2.37. The Labute approximate surface area is 128 Å². The predicted octanol–water partition coefficient (Wildman–Crippen LogP) is 1.62. The number of allylic oxidation sites excluding steroid dienone is 2. The molecule has 1 heterocycles. The minimum Gasteiger partial charge on any atom is -0.342 e. The molecule has 0 aromatic heterocycles. The van der Waals surface area contributed by atoms with Gasteiger partial charge in [0.2, 0.25) is 15.9 Å². The van der Waals surface area contributed by atoms with Crippen molar-refractivity contribution in [3.63, 3.8) is 0 Å². The van der Waals surface area contributed by atoms with Crippen LogP contribution < -0.4 is 0 Å². The van der Waals surface area contributed by atoms with Gasteiger partial charge in [-0.3, -0.25) is 4.79 Å². The van der Waals surface area contributed by atoms with Gasteiger partial charge in [0.1, 0.15) is 0 Å². The number of rotatable bonds is 4. The maximum absolute atomic E-state index is 12.4. The molecule has 1 unspecified atom stereocenters. The first-order valence-electron chi connectivity index (χ1n) is 7.85. The van der Waals surface area contributed by atoms with Gasteiger partial charge < -0.3 is 4.90 Å². The molecule has 120 valence electrons. The van der Waals surface area contributed by atoms with Gasteiger partial charge in [-0.05, 0) is 39.0 Å². The van der Waals surface area contributed by atoms with Crippen LogP contribution in [0.1, 0.15) is 39.0 Å². The van der Waals surface area contributed by atoms with E-state index in [1.54, 1.807) is 14.0 Å². The SMILES string of the molecule is CCS(=O)(=O)N(C)C1CCN(C(=O)C2CC=CCC2)CC1. The van der Waals surface area contributed by atoms with Crippen molar-refractivity contribution in [2.45, 2.75) is 45.1 Å². The summed E-state index contributed by atoms with van der Waals surface area (Å²) in [5, 5.41) is 0. The van der Waals surface area contributed by atoms with Crippen molar-refractivity contribution >= 4 is 15.9 Å². The molecule has 2 aliphatic rings. The highest BCUT2D eigenvalue weighted by Crippen LogP contribution is 2.24. The lowest BCUT2D eigenvalue weighted by atomic mass is 9.92. The van der Waals surface area contributed by atoms with Gasteiger partial charge in [-0.1, -0.05) is 12.2 Å². The number of nitrogens with zero attached hydrogens (tertiary/aromatic N) is 2. The number of carbonyl (C=O) groups is 1. The van der Waals surface area contributed by atoms with Gasteiger partial charge >= 0.3 is 0 Å². The molecular weight excluding hydrogens is 288 g/mol. The fraction of sp³-hybridized carbons (Fsp3) is 0.800. The van der Waals surface area contributed by atoms with Crippen LogP contribution in [0.25, 0.3) is 0 Å². The second-order valence-corrected chi connectivity index (χ2v) is 8.27. The topological polar surface area (TPSA) is 57.7 Å². The number of sulfonamides is 1. The van der Waals surface area contributed by atoms with Crippen LogP contribution in [0, 0.1) is 5.92 Å². The van der Waals surface area contributed by atoms with Crippen LogP contribution in [0.3, 0.4) is 0 Å². The van der Waals surface area contributed by atoms with E-state index in [0.29, 0.717) is 13.1 Å². The van der Waals surface area contributed by atoms with Crippen molar-refractivity contribution in [2.75, 3.05) is 25.9 Å². The van der Waals surface area contributed by atoms with Gasteiger partial charge in [0, 0.05) is 32.1 Å². The Kier molecular flexibility index (Phi) is 5.43. The van der Waals surface area contributed by atoms with Crippen LogP contribution >= 0.6 is 0 Å². The number of carbonyl (C=O) groups excluding carboxylic acids is 1. The quantitative estimate of drug-likeness (QED) is 0.741. The van der Waals surface area contributed by atoms with Gasteiger partial charge in [0.25, 0.3) is 0 Å². The summed E-state index contributed by atoms with van der Waals surface area (Å²) in [6, 6.07) is 0.0326. The summed E-state index contributed by atoms with van der Waals surface area (Å²) in [6.45, 7) is 3.02. The number of hydrogen-bond donors (Lipinski definition) is 0. The Hall–Kier alpha value is -0.880. The monoisotopic (exact) mass is 314 g/mol. The Balaban J connectivity index is 1.88. The minimum atomic E-state index is -3.14. The molecular formula is C15H26N2O3S. The molecule has 0 aromatic rings. The average Bonchev–Trinajstić information content (AvgIpc) is 2.54. The summed E-state index contributed by atoms with van der Waals surface area (Å²) in [6.07, 6.45) is 8.50. The normalized spacial score (nSPS) is 24.5. The molecule has 0 saturated carbocycles. The Bertz CT molecular complexity index is 493. The van der Waals surface area contributed by atoms with Gasteiger partial charge in [-0.15, -0.1) is 0 Å². The van der Waals surface area contributed by atoms with Crippen molar-refractivity contribution in [2.24, 2.45) is 5.92 Å². The first-order chi connectivity index (χ1) is 9.95. The van der Waals surface area contributed by atoms with E-state index >= 15 is 0 Å². The van der Waals surface area contributed by atoms with Crippen molar-refractivity contribution in [1.29, 1.82) is 0 Å². The second kappa shape index (κ2) is 6.92. The van der Waals surface area contributed by atoms with Crippen LogP contribution in [-0.4, -0.2) is 55.5 Å². The molecule has 1 aliphatic carbocycles. The van der Waals surface area contributed by atoms with E-state index in [1.807, 2.05) is 4.90 Å². The zero-order valence-corrected chi connectivity index (χ0v) is 13.8. The molecule has 0 N–H and O–H groups in total. The Morgan fingerprint density at radius 2 is 1.90 bits per heavy atom. The fourth-order valence-corrected chi connectivity index (χ4v) is 4.23. The maximum atomic E-state index is 12.4. The second-order valence-electron chi connectivity index (χ2n) is 5.95. The fourth-order valence-electron chi connectivity index (χ4n) is 3.16. The molecule has 2 rings (SSSR count). The third kappa shape index (κ3) is 3.86. The summed E-state index contributed by atoms with van der Waals surface area (Å²) in [7, 11) is -1.48. The number of likely N-dealkylation sites (tertiary alicyclic amines) is 1. The summed E-state index contributed by atoms with van der Waals surface area (Å²) in [4.78, 5) is 14.4. The molecule has 0 bridgehead atoms. The van der Waals surface area contributed by atoms with Crippen LogP contribution in [0.5, 0.6) is 0 Å². The molecule has 1 fully saturated rings. The van der Waals surface area contributed by atoms with Gasteiger partial charge in [0.15, 0.2) is 0 Å². The van der Waals surface area contributed by atoms with Crippen LogP contribution in [0.2, 0.25) is 0 Å². The van der Waals surface area contributed by atoms with E-state index in [4.69, 9.17) is 0 Å². The van der Waals surface area contributed by atoms with Crippen molar-refractivity contribution in [3.8, 4) is 0 Å². The highest BCUT2D eigenvalue weighted by molar-refractivity contribution is 7.89. The summed E-state index contributed by atoms with van der Waals surface area (Å²) in [5.41, 5.74) is 0. The maximum Gasteiger partial charge on any atom is 0.226 e. The molecule has 1 amide bonds. The third-order valence-corrected chi connectivity index (χ3v) is 6.62. The van der Waals surface area contributed by atoms with Gasteiger partial charge in [-0.2, -0.15) is 0 Å². The lowest BCUT2D eigenvalue weighted by molar-refractivity contribution is -0.137. The minimum absolute atomic E-state index is 0.0326. The van der Waals surface area contributed by atoms with E-state index in [9.17, 15) is 13.2 Å². The molecule has 1 aliphatic heterocycles. The van der Waals surface area contributed by atoms with E-state index in [2.05, 4.69) is 12.2 Å². The highest BCUT2D eigenvalue weighted by Gasteiger charge is 2.32. The summed E-state index contributed by atoms with van der Waals surface area (Å²) < 4.78 is 25.3. The average molecular weight is 314 g/mol. The number of amides is 1. The largest absolute Gasteiger partial charge is 0.342 e. The third-order valence-electron chi connectivity index (χ3n) is 4.71. The van der Waals surface area contributed by atoms with Gasteiger partial charge in [-0.25, -0.2) is 12.7 Å². The van der Waals surface area contributed by atoms with E-state index < -0.39 is 10.0 Å². The molecule has 1 atom stereocenters. The van der Waals surface area contributed by atoms with Crippen molar-refractivity contribution in [1.82, 2.24) is 9.21 Å². The molecule has 6 heteroatoms. The highest BCUT2D eigenvalue weighted by atomic mass is 32.2. The molecule has 5 nitrogen and oxygen atoms in total. The first kappa shape index (κ1) is 16.5.